The number of hydrogen-bond donors (Lipinski definition) is 1. The van der Waals surface area contributed by atoms with Crippen LogP contribution in [0.2, 0.25) is 0 Å². The Morgan fingerprint density at radius 2 is 2.29 bits per heavy atom. The second-order valence-electron chi connectivity index (χ2n) is 6.13. The Labute approximate surface area is 146 Å². The molecular formula is C18H22N4OS. The van der Waals surface area contributed by atoms with Gasteiger partial charge in [0.2, 0.25) is 5.91 Å². The predicted molar refractivity (Wildman–Crippen MR) is 97.3 cm³/mol. The predicted octanol–water partition coefficient (Wildman–Crippen LogP) is 3.77. The lowest BCUT2D eigenvalue weighted by molar-refractivity contribution is -0.115. The maximum Gasteiger partial charge on any atom is 0.237 e. The molecule has 24 heavy (non-hydrogen) atoms. The second-order valence-corrected chi connectivity index (χ2v) is 7.44. The second kappa shape index (κ2) is 7.21. The maximum absolute atomic E-state index is 12.4. The van der Waals surface area contributed by atoms with E-state index in [2.05, 4.69) is 26.7 Å². The van der Waals surface area contributed by atoms with E-state index in [1.165, 1.54) is 24.6 Å². The SMILES string of the molecule is C=CCn1c(SC(C)C(=O)Nc2cccc(C)c2)nnc1C1CC1. The third-order valence-electron chi connectivity index (χ3n) is 3.94. The van der Waals surface area contributed by atoms with E-state index in [4.69, 9.17) is 0 Å². The third kappa shape index (κ3) is 3.87. The molecule has 1 aromatic carbocycles. The molecule has 1 heterocycles. The highest BCUT2D eigenvalue weighted by molar-refractivity contribution is 8.00. The van der Waals surface area contributed by atoms with Crippen LogP contribution in [0.25, 0.3) is 0 Å². The van der Waals surface area contributed by atoms with E-state index in [1.807, 2.05) is 44.2 Å². The van der Waals surface area contributed by atoms with Crippen molar-refractivity contribution in [1.29, 1.82) is 0 Å². The number of rotatable bonds is 7. The van der Waals surface area contributed by atoms with Gasteiger partial charge < -0.3 is 9.88 Å². The molecule has 0 radical (unpaired) electrons. The van der Waals surface area contributed by atoms with Crippen LogP contribution < -0.4 is 5.32 Å². The molecule has 1 aromatic heterocycles. The molecule has 0 spiro atoms. The van der Waals surface area contributed by atoms with Gasteiger partial charge in [-0.2, -0.15) is 0 Å². The summed E-state index contributed by atoms with van der Waals surface area (Å²) < 4.78 is 2.08. The van der Waals surface area contributed by atoms with Crippen LogP contribution >= 0.6 is 11.8 Å². The molecule has 1 unspecified atom stereocenters. The number of aryl methyl sites for hydroxylation is 1. The summed E-state index contributed by atoms with van der Waals surface area (Å²) in [5.74, 6) is 1.50. The van der Waals surface area contributed by atoms with E-state index in [9.17, 15) is 4.79 Å². The summed E-state index contributed by atoms with van der Waals surface area (Å²) in [4.78, 5) is 12.4. The van der Waals surface area contributed by atoms with Crippen LogP contribution in [0.1, 0.15) is 37.1 Å². The van der Waals surface area contributed by atoms with Crippen LogP contribution in [-0.4, -0.2) is 25.9 Å². The quantitative estimate of drug-likeness (QED) is 0.615. The van der Waals surface area contributed by atoms with Crippen molar-refractivity contribution in [3.8, 4) is 0 Å². The number of carbonyl (C=O) groups excluding carboxylic acids is 1. The number of nitrogens with zero attached hydrogens (tertiary/aromatic N) is 3. The van der Waals surface area contributed by atoms with Gasteiger partial charge in [0.15, 0.2) is 5.16 Å². The average molecular weight is 342 g/mol. The third-order valence-corrected chi connectivity index (χ3v) is 5.02. The van der Waals surface area contributed by atoms with Crippen molar-refractivity contribution < 1.29 is 4.79 Å². The van der Waals surface area contributed by atoms with Crippen LogP contribution in [0.4, 0.5) is 5.69 Å². The van der Waals surface area contributed by atoms with Gasteiger partial charge in [0, 0.05) is 18.2 Å². The van der Waals surface area contributed by atoms with Gasteiger partial charge in [-0.1, -0.05) is 30.0 Å². The van der Waals surface area contributed by atoms with Crippen LogP contribution in [0.5, 0.6) is 0 Å². The number of nitrogens with one attached hydrogen (secondary N) is 1. The number of benzene rings is 1. The summed E-state index contributed by atoms with van der Waals surface area (Å²) in [6, 6.07) is 7.80. The van der Waals surface area contributed by atoms with E-state index in [0.717, 1.165) is 22.2 Å². The smallest absolute Gasteiger partial charge is 0.237 e. The van der Waals surface area contributed by atoms with Crippen molar-refractivity contribution in [2.45, 2.75) is 49.6 Å². The molecule has 1 atom stereocenters. The van der Waals surface area contributed by atoms with Gasteiger partial charge in [-0.3, -0.25) is 4.79 Å². The molecule has 1 N–H and O–H groups in total. The summed E-state index contributed by atoms with van der Waals surface area (Å²) in [5.41, 5.74) is 1.94. The topological polar surface area (TPSA) is 59.8 Å². The van der Waals surface area contributed by atoms with Gasteiger partial charge >= 0.3 is 0 Å². The molecule has 5 nitrogen and oxygen atoms in total. The zero-order valence-corrected chi connectivity index (χ0v) is 14.8. The van der Waals surface area contributed by atoms with Crippen molar-refractivity contribution in [3.05, 3.63) is 48.3 Å². The Kier molecular flexibility index (Phi) is 5.04. The molecular weight excluding hydrogens is 320 g/mol. The lowest BCUT2D eigenvalue weighted by atomic mass is 10.2. The fourth-order valence-corrected chi connectivity index (χ4v) is 3.38. The van der Waals surface area contributed by atoms with Gasteiger partial charge in [-0.25, -0.2) is 0 Å². The molecule has 1 aliphatic rings. The van der Waals surface area contributed by atoms with Crippen molar-refractivity contribution in [3.63, 3.8) is 0 Å². The summed E-state index contributed by atoms with van der Waals surface area (Å²) in [5, 5.41) is 12.1. The van der Waals surface area contributed by atoms with Crippen LogP contribution in [0.15, 0.2) is 42.1 Å². The summed E-state index contributed by atoms with van der Waals surface area (Å²) >= 11 is 1.44. The number of aromatic nitrogens is 3. The number of anilines is 1. The molecule has 1 fully saturated rings. The van der Waals surface area contributed by atoms with E-state index < -0.39 is 0 Å². The Morgan fingerprint density at radius 1 is 1.50 bits per heavy atom. The van der Waals surface area contributed by atoms with Crippen molar-refractivity contribution >= 4 is 23.4 Å². The summed E-state index contributed by atoms with van der Waals surface area (Å²) in [7, 11) is 0. The van der Waals surface area contributed by atoms with Gasteiger partial charge in [0.25, 0.3) is 0 Å². The number of hydrogen-bond acceptors (Lipinski definition) is 4. The van der Waals surface area contributed by atoms with Crippen molar-refractivity contribution in [1.82, 2.24) is 14.8 Å². The van der Waals surface area contributed by atoms with Crippen LogP contribution in [-0.2, 0) is 11.3 Å². The standard InChI is InChI=1S/C18H22N4OS/c1-4-10-22-16(14-8-9-14)20-21-18(22)24-13(3)17(23)19-15-7-5-6-12(2)11-15/h4-7,11,13-14H,1,8-10H2,2-3H3,(H,19,23). The van der Waals surface area contributed by atoms with Gasteiger partial charge in [0.05, 0.1) is 5.25 Å². The highest BCUT2D eigenvalue weighted by Crippen LogP contribution is 2.40. The Morgan fingerprint density at radius 3 is 2.96 bits per heavy atom. The lowest BCUT2D eigenvalue weighted by Gasteiger charge is -2.13. The average Bonchev–Trinajstić information content (AvgIpc) is 3.32. The Balaban J connectivity index is 1.68. The van der Waals surface area contributed by atoms with Crippen molar-refractivity contribution in [2.24, 2.45) is 0 Å². The lowest BCUT2D eigenvalue weighted by Crippen LogP contribution is -2.23. The molecule has 3 rings (SSSR count). The number of thioether (sulfide) groups is 1. The minimum absolute atomic E-state index is 0.0354. The molecule has 1 saturated carbocycles. The monoisotopic (exact) mass is 342 g/mol. The minimum atomic E-state index is -0.259. The number of amides is 1. The van der Waals surface area contributed by atoms with Crippen LogP contribution in [0.3, 0.4) is 0 Å². The van der Waals surface area contributed by atoms with Gasteiger partial charge in [-0.05, 0) is 44.4 Å². The Bertz CT molecular complexity index is 751. The highest BCUT2D eigenvalue weighted by atomic mass is 32.2. The molecule has 1 aliphatic carbocycles. The zero-order valence-electron chi connectivity index (χ0n) is 14.0. The molecule has 2 aromatic rings. The van der Waals surface area contributed by atoms with Gasteiger partial charge in [-0.15, -0.1) is 16.8 Å². The minimum Gasteiger partial charge on any atom is -0.325 e. The van der Waals surface area contributed by atoms with Gasteiger partial charge in [0.1, 0.15) is 5.82 Å². The molecule has 0 bridgehead atoms. The highest BCUT2D eigenvalue weighted by Gasteiger charge is 2.30. The normalized spacial score (nSPS) is 15.1. The van der Waals surface area contributed by atoms with E-state index in [1.54, 1.807) is 0 Å². The maximum atomic E-state index is 12.4. The summed E-state index contributed by atoms with van der Waals surface area (Å²) in [6.07, 6.45) is 4.18. The molecule has 6 heteroatoms. The first-order valence-corrected chi connectivity index (χ1v) is 9.04. The fourth-order valence-electron chi connectivity index (χ4n) is 2.51. The zero-order chi connectivity index (χ0) is 17.1. The first kappa shape index (κ1) is 16.8. The van der Waals surface area contributed by atoms with E-state index >= 15 is 0 Å². The van der Waals surface area contributed by atoms with E-state index in [-0.39, 0.29) is 11.2 Å². The largest absolute Gasteiger partial charge is 0.325 e. The van der Waals surface area contributed by atoms with E-state index in [0.29, 0.717) is 12.5 Å². The molecule has 126 valence electrons. The molecule has 1 amide bonds. The molecule has 0 aliphatic heterocycles. The first-order valence-electron chi connectivity index (χ1n) is 8.16. The molecule has 0 saturated heterocycles. The number of carbonyl (C=O) groups is 1. The van der Waals surface area contributed by atoms with Crippen LogP contribution in [0, 0.1) is 6.92 Å². The number of allylic oxidation sites excluding steroid dienone is 1. The fraction of sp³-hybridized carbons (Fsp3) is 0.389. The van der Waals surface area contributed by atoms with Crippen molar-refractivity contribution in [2.75, 3.05) is 5.32 Å². The Hall–Kier alpha value is -2.08. The first-order chi connectivity index (χ1) is 11.6. The summed E-state index contributed by atoms with van der Waals surface area (Å²) in [6.45, 7) is 8.38.